The number of nitrogens with zero attached hydrogens (tertiary/aromatic N) is 1. The summed E-state index contributed by atoms with van der Waals surface area (Å²) in [6, 6.07) is 13.4. The van der Waals surface area contributed by atoms with Gasteiger partial charge in [-0.2, -0.15) is 0 Å². The molecule has 0 heterocycles. The SMILES string of the molecule is Cc1ccc(C(=O)CCC(=O)N(C)CCOc2ccccc2F)cc1. The van der Waals surface area contributed by atoms with Gasteiger partial charge in [0.05, 0.1) is 6.54 Å². The normalized spacial score (nSPS) is 10.4. The number of benzene rings is 2. The molecule has 0 N–H and O–H groups in total. The van der Waals surface area contributed by atoms with Crippen molar-refractivity contribution >= 4 is 11.7 Å². The molecule has 0 saturated carbocycles. The lowest BCUT2D eigenvalue weighted by Crippen LogP contribution is -2.31. The van der Waals surface area contributed by atoms with Crippen molar-refractivity contribution in [2.45, 2.75) is 19.8 Å². The maximum Gasteiger partial charge on any atom is 0.222 e. The number of carbonyl (C=O) groups is 2. The van der Waals surface area contributed by atoms with Crippen LogP contribution in [0, 0.1) is 12.7 Å². The number of Topliss-reactive ketones (excluding diaryl/α,β-unsaturated/α-hetero) is 1. The second-order valence-corrected chi connectivity index (χ2v) is 5.88. The molecule has 5 heteroatoms. The Balaban J connectivity index is 1.73. The predicted octanol–water partition coefficient (Wildman–Crippen LogP) is 3.63. The van der Waals surface area contributed by atoms with Gasteiger partial charge in [0.15, 0.2) is 17.3 Å². The molecule has 0 spiro atoms. The topological polar surface area (TPSA) is 46.6 Å². The Hall–Kier alpha value is -2.69. The zero-order chi connectivity index (χ0) is 18.2. The minimum Gasteiger partial charge on any atom is -0.489 e. The quantitative estimate of drug-likeness (QED) is 0.688. The average molecular weight is 343 g/mol. The van der Waals surface area contributed by atoms with E-state index in [4.69, 9.17) is 4.74 Å². The van der Waals surface area contributed by atoms with E-state index in [0.717, 1.165) is 5.56 Å². The molecule has 0 aliphatic carbocycles. The molecule has 0 atom stereocenters. The van der Waals surface area contributed by atoms with E-state index in [1.54, 1.807) is 31.3 Å². The lowest BCUT2D eigenvalue weighted by molar-refractivity contribution is -0.130. The van der Waals surface area contributed by atoms with Gasteiger partial charge in [0, 0.05) is 25.5 Å². The van der Waals surface area contributed by atoms with Crippen LogP contribution >= 0.6 is 0 Å². The standard InChI is InChI=1S/C20H22FNO3/c1-15-7-9-16(10-8-15)18(23)11-12-20(24)22(2)13-14-25-19-6-4-3-5-17(19)21/h3-10H,11-14H2,1-2H3. The monoisotopic (exact) mass is 343 g/mol. The average Bonchev–Trinajstić information content (AvgIpc) is 2.61. The van der Waals surface area contributed by atoms with Gasteiger partial charge in [-0.15, -0.1) is 0 Å². The van der Waals surface area contributed by atoms with Crippen molar-refractivity contribution in [1.29, 1.82) is 0 Å². The van der Waals surface area contributed by atoms with Crippen molar-refractivity contribution in [1.82, 2.24) is 4.90 Å². The first-order chi connectivity index (χ1) is 12.0. The molecule has 0 aliphatic rings. The second-order valence-electron chi connectivity index (χ2n) is 5.88. The van der Waals surface area contributed by atoms with Crippen molar-refractivity contribution in [3.05, 3.63) is 65.5 Å². The van der Waals surface area contributed by atoms with Crippen molar-refractivity contribution in [2.24, 2.45) is 0 Å². The number of rotatable bonds is 8. The van der Waals surface area contributed by atoms with E-state index >= 15 is 0 Å². The fourth-order valence-corrected chi connectivity index (χ4v) is 2.27. The minimum absolute atomic E-state index is 0.0515. The van der Waals surface area contributed by atoms with E-state index in [1.165, 1.54) is 17.0 Å². The van der Waals surface area contributed by atoms with Gasteiger partial charge >= 0.3 is 0 Å². The Morgan fingerprint density at radius 2 is 1.72 bits per heavy atom. The maximum absolute atomic E-state index is 13.4. The number of amides is 1. The van der Waals surface area contributed by atoms with E-state index in [2.05, 4.69) is 0 Å². The molecule has 2 rings (SSSR count). The van der Waals surface area contributed by atoms with E-state index in [9.17, 15) is 14.0 Å². The first kappa shape index (κ1) is 18.6. The molecule has 0 bridgehead atoms. The lowest BCUT2D eigenvalue weighted by atomic mass is 10.0. The number of para-hydroxylation sites is 1. The van der Waals surface area contributed by atoms with Crippen LogP contribution < -0.4 is 4.74 Å². The maximum atomic E-state index is 13.4. The third kappa shape index (κ3) is 5.71. The summed E-state index contributed by atoms with van der Waals surface area (Å²) >= 11 is 0. The molecule has 0 aromatic heterocycles. The van der Waals surface area contributed by atoms with Crippen LogP contribution in [0.2, 0.25) is 0 Å². The van der Waals surface area contributed by atoms with Crippen molar-refractivity contribution in [2.75, 3.05) is 20.2 Å². The largest absolute Gasteiger partial charge is 0.489 e. The molecule has 2 aromatic carbocycles. The zero-order valence-electron chi connectivity index (χ0n) is 14.5. The molecule has 0 fully saturated rings. The molecule has 0 unspecified atom stereocenters. The summed E-state index contributed by atoms with van der Waals surface area (Å²) in [6.45, 7) is 2.47. The highest BCUT2D eigenvalue weighted by Gasteiger charge is 2.13. The Morgan fingerprint density at radius 1 is 1.04 bits per heavy atom. The van der Waals surface area contributed by atoms with Crippen LogP contribution in [0.3, 0.4) is 0 Å². The molecule has 25 heavy (non-hydrogen) atoms. The molecule has 1 amide bonds. The number of aryl methyl sites for hydroxylation is 1. The van der Waals surface area contributed by atoms with Crippen molar-refractivity contribution in [3.8, 4) is 5.75 Å². The highest BCUT2D eigenvalue weighted by molar-refractivity contribution is 5.97. The van der Waals surface area contributed by atoms with Gasteiger partial charge in [0.25, 0.3) is 0 Å². The van der Waals surface area contributed by atoms with Crippen LogP contribution in [0.4, 0.5) is 4.39 Å². The zero-order valence-corrected chi connectivity index (χ0v) is 14.5. The summed E-state index contributed by atoms with van der Waals surface area (Å²) in [4.78, 5) is 25.7. The highest BCUT2D eigenvalue weighted by Crippen LogP contribution is 2.15. The van der Waals surface area contributed by atoms with Crippen LogP contribution in [0.15, 0.2) is 48.5 Å². The number of hydrogen-bond donors (Lipinski definition) is 0. The van der Waals surface area contributed by atoms with Crippen LogP contribution in [-0.4, -0.2) is 36.8 Å². The van der Waals surface area contributed by atoms with Gasteiger partial charge in [0.1, 0.15) is 6.61 Å². The summed E-state index contributed by atoms with van der Waals surface area (Å²) in [6.07, 6.45) is 0.309. The second kappa shape index (κ2) is 8.97. The Morgan fingerprint density at radius 3 is 2.40 bits per heavy atom. The number of likely N-dealkylation sites (N-methyl/N-ethyl adjacent to an activating group) is 1. The summed E-state index contributed by atoms with van der Waals surface area (Å²) in [5.74, 6) is -0.458. The Labute approximate surface area is 147 Å². The molecular weight excluding hydrogens is 321 g/mol. The van der Waals surface area contributed by atoms with Gasteiger partial charge < -0.3 is 9.64 Å². The van der Waals surface area contributed by atoms with Crippen molar-refractivity contribution in [3.63, 3.8) is 0 Å². The van der Waals surface area contributed by atoms with Crippen LogP contribution in [0.1, 0.15) is 28.8 Å². The first-order valence-electron chi connectivity index (χ1n) is 8.18. The minimum atomic E-state index is -0.430. The number of hydrogen-bond acceptors (Lipinski definition) is 3. The van der Waals surface area contributed by atoms with Gasteiger partial charge in [0.2, 0.25) is 5.91 Å². The van der Waals surface area contributed by atoms with Crippen LogP contribution in [0.25, 0.3) is 0 Å². The summed E-state index contributed by atoms with van der Waals surface area (Å²) in [5.41, 5.74) is 1.70. The van der Waals surface area contributed by atoms with E-state index in [-0.39, 0.29) is 36.9 Å². The smallest absolute Gasteiger partial charge is 0.222 e. The number of carbonyl (C=O) groups excluding carboxylic acids is 2. The fraction of sp³-hybridized carbons (Fsp3) is 0.300. The Bertz CT molecular complexity index is 728. The molecule has 0 saturated heterocycles. The van der Waals surface area contributed by atoms with Crippen LogP contribution in [0.5, 0.6) is 5.75 Å². The number of ketones is 1. The third-order valence-electron chi connectivity index (χ3n) is 3.89. The number of ether oxygens (including phenoxy) is 1. The Kier molecular flexibility index (Phi) is 6.69. The molecule has 0 radical (unpaired) electrons. The predicted molar refractivity (Wildman–Crippen MR) is 94.3 cm³/mol. The summed E-state index contributed by atoms with van der Waals surface area (Å²) in [7, 11) is 1.64. The fourth-order valence-electron chi connectivity index (χ4n) is 2.27. The molecule has 0 aliphatic heterocycles. The first-order valence-corrected chi connectivity index (χ1v) is 8.18. The summed E-state index contributed by atoms with van der Waals surface area (Å²) < 4.78 is 18.8. The highest BCUT2D eigenvalue weighted by atomic mass is 19.1. The van der Waals surface area contributed by atoms with E-state index in [0.29, 0.717) is 12.1 Å². The van der Waals surface area contributed by atoms with Crippen molar-refractivity contribution < 1.29 is 18.7 Å². The van der Waals surface area contributed by atoms with Gasteiger partial charge in [-0.05, 0) is 19.1 Å². The van der Waals surface area contributed by atoms with E-state index in [1.807, 2.05) is 19.1 Å². The van der Waals surface area contributed by atoms with Gasteiger partial charge in [-0.3, -0.25) is 9.59 Å². The van der Waals surface area contributed by atoms with Gasteiger partial charge in [-0.1, -0.05) is 42.0 Å². The van der Waals surface area contributed by atoms with Gasteiger partial charge in [-0.25, -0.2) is 4.39 Å². The summed E-state index contributed by atoms with van der Waals surface area (Å²) in [5, 5.41) is 0. The third-order valence-corrected chi connectivity index (χ3v) is 3.89. The molecular formula is C20H22FNO3. The molecule has 2 aromatic rings. The van der Waals surface area contributed by atoms with E-state index < -0.39 is 5.82 Å². The molecule has 4 nitrogen and oxygen atoms in total. The molecule has 132 valence electrons. The lowest BCUT2D eigenvalue weighted by Gasteiger charge is -2.17. The number of halogens is 1. The van der Waals surface area contributed by atoms with Crippen LogP contribution in [-0.2, 0) is 4.79 Å².